The summed E-state index contributed by atoms with van der Waals surface area (Å²) < 4.78 is 23.1. The summed E-state index contributed by atoms with van der Waals surface area (Å²) in [6.45, 7) is 4.42. The molecule has 0 bridgehead atoms. The molecule has 34 heavy (non-hydrogen) atoms. The van der Waals surface area contributed by atoms with Crippen LogP contribution in [0.5, 0.6) is 23.0 Å². The Morgan fingerprint density at radius 2 is 1.76 bits per heavy atom. The normalized spacial score (nSPS) is 10.6. The van der Waals surface area contributed by atoms with Crippen LogP contribution >= 0.6 is 22.6 Å². The quantitative estimate of drug-likeness (QED) is 0.148. The van der Waals surface area contributed by atoms with Crippen LogP contribution in [0.15, 0.2) is 78.4 Å². The second-order valence-electron chi connectivity index (χ2n) is 6.97. The molecule has 0 spiro atoms. The molecule has 176 valence electrons. The second-order valence-corrected chi connectivity index (χ2v) is 8.14. The third-order valence-electron chi connectivity index (χ3n) is 4.64. The number of hydrogen-bond donors (Lipinski definition) is 1. The Morgan fingerprint density at radius 3 is 2.47 bits per heavy atom. The summed E-state index contributed by atoms with van der Waals surface area (Å²) in [6, 6.07) is 18.4. The molecular formula is C26H25IN2O5. The fourth-order valence-corrected chi connectivity index (χ4v) is 3.77. The molecule has 8 heteroatoms. The smallest absolute Gasteiger partial charge is 0.271 e. The maximum atomic E-state index is 12.6. The van der Waals surface area contributed by atoms with Gasteiger partial charge in [0.1, 0.15) is 13.2 Å². The van der Waals surface area contributed by atoms with Crippen molar-refractivity contribution in [3.63, 3.8) is 0 Å². The zero-order chi connectivity index (χ0) is 24.3. The Morgan fingerprint density at radius 1 is 1.00 bits per heavy atom. The lowest BCUT2D eigenvalue weighted by Crippen LogP contribution is -2.17. The number of carbonyl (C=O) groups excluding carboxylic acids is 1. The molecule has 3 aromatic carbocycles. The first-order chi connectivity index (χ1) is 16.5. The maximum absolute atomic E-state index is 12.6. The summed E-state index contributed by atoms with van der Waals surface area (Å²) in [7, 11) is 3.09. The number of hydrazone groups is 1. The van der Waals surface area contributed by atoms with Gasteiger partial charge in [0.2, 0.25) is 0 Å². The van der Waals surface area contributed by atoms with Gasteiger partial charge in [0.15, 0.2) is 23.0 Å². The lowest BCUT2D eigenvalue weighted by atomic mass is 10.2. The van der Waals surface area contributed by atoms with E-state index in [1.807, 2.05) is 36.4 Å². The summed E-state index contributed by atoms with van der Waals surface area (Å²) in [4.78, 5) is 12.6. The molecule has 0 aliphatic rings. The van der Waals surface area contributed by atoms with E-state index in [1.165, 1.54) is 13.3 Å². The molecule has 0 atom stereocenters. The van der Waals surface area contributed by atoms with Gasteiger partial charge in [-0.05, 0) is 64.0 Å². The minimum atomic E-state index is -0.378. The second kappa shape index (κ2) is 12.6. The van der Waals surface area contributed by atoms with E-state index in [-0.39, 0.29) is 5.91 Å². The molecule has 0 aliphatic carbocycles. The first kappa shape index (κ1) is 25.1. The third kappa shape index (κ3) is 6.74. The fraction of sp³-hybridized carbons (Fsp3) is 0.154. The monoisotopic (exact) mass is 572 g/mol. The van der Waals surface area contributed by atoms with Gasteiger partial charge in [0.05, 0.1) is 24.0 Å². The van der Waals surface area contributed by atoms with Crippen LogP contribution in [0.3, 0.4) is 0 Å². The zero-order valence-corrected chi connectivity index (χ0v) is 21.1. The number of halogens is 1. The van der Waals surface area contributed by atoms with Crippen molar-refractivity contribution in [1.29, 1.82) is 0 Å². The fourth-order valence-electron chi connectivity index (χ4n) is 2.99. The van der Waals surface area contributed by atoms with Crippen molar-refractivity contribution in [2.45, 2.75) is 6.61 Å². The number of carbonyl (C=O) groups is 1. The summed E-state index contributed by atoms with van der Waals surface area (Å²) in [5, 5.41) is 4.07. The van der Waals surface area contributed by atoms with Crippen LogP contribution in [0.4, 0.5) is 0 Å². The lowest BCUT2D eigenvalue weighted by molar-refractivity contribution is 0.0954. The van der Waals surface area contributed by atoms with Crippen LogP contribution < -0.4 is 24.4 Å². The molecule has 0 unspecified atom stereocenters. The van der Waals surface area contributed by atoms with Crippen molar-refractivity contribution in [3.05, 3.63) is 93.6 Å². The molecule has 1 amide bonds. The Hall–Kier alpha value is -3.53. The number of methoxy groups -OCH3 is 2. The van der Waals surface area contributed by atoms with Crippen molar-refractivity contribution in [2.24, 2.45) is 5.10 Å². The number of hydrogen-bond acceptors (Lipinski definition) is 6. The van der Waals surface area contributed by atoms with Gasteiger partial charge in [-0.15, -0.1) is 0 Å². The highest BCUT2D eigenvalue weighted by atomic mass is 127. The molecule has 0 radical (unpaired) electrons. The summed E-state index contributed by atoms with van der Waals surface area (Å²) in [5.41, 5.74) is 4.70. The third-order valence-corrected chi connectivity index (χ3v) is 5.44. The number of benzene rings is 3. The van der Waals surface area contributed by atoms with Gasteiger partial charge < -0.3 is 18.9 Å². The van der Waals surface area contributed by atoms with Crippen LogP contribution in [0.25, 0.3) is 0 Å². The van der Waals surface area contributed by atoms with E-state index in [0.717, 1.165) is 14.7 Å². The van der Waals surface area contributed by atoms with Gasteiger partial charge in [-0.3, -0.25) is 4.79 Å². The van der Waals surface area contributed by atoms with Crippen molar-refractivity contribution >= 4 is 34.7 Å². The molecule has 0 fully saturated rings. The Labute approximate surface area is 212 Å². The van der Waals surface area contributed by atoms with Crippen LogP contribution in [-0.4, -0.2) is 32.9 Å². The maximum Gasteiger partial charge on any atom is 0.271 e. The van der Waals surface area contributed by atoms with Gasteiger partial charge in [0.25, 0.3) is 5.91 Å². The summed E-state index contributed by atoms with van der Waals surface area (Å²) in [5.74, 6) is 1.83. The number of rotatable bonds is 11. The number of amides is 1. The van der Waals surface area contributed by atoms with E-state index in [2.05, 4.69) is 39.7 Å². The Bertz CT molecular complexity index is 1170. The minimum absolute atomic E-state index is 0.370. The van der Waals surface area contributed by atoms with Gasteiger partial charge >= 0.3 is 0 Å². The molecule has 3 rings (SSSR count). The van der Waals surface area contributed by atoms with E-state index in [4.69, 9.17) is 18.9 Å². The highest BCUT2D eigenvalue weighted by Gasteiger charge is 2.12. The summed E-state index contributed by atoms with van der Waals surface area (Å²) in [6.07, 6.45) is 3.20. The first-order valence-electron chi connectivity index (χ1n) is 10.3. The van der Waals surface area contributed by atoms with Crippen LogP contribution in [0.2, 0.25) is 0 Å². The van der Waals surface area contributed by atoms with Gasteiger partial charge in [-0.2, -0.15) is 5.10 Å². The Balaban J connectivity index is 1.66. The highest BCUT2D eigenvalue weighted by molar-refractivity contribution is 14.1. The largest absolute Gasteiger partial charge is 0.493 e. The molecule has 3 aromatic rings. The number of nitrogens with one attached hydrogen (secondary N) is 1. The van der Waals surface area contributed by atoms with E-state index < -0.39 is 0 Å². The van der Waals surface area contributed by atoms with Crippen molar-refractivity contribution in [3.8, 4) is 23.0 Å². The molecule has 0 aromatic heterocycles. The average molecular weight is 572 g/mol. The van der Waals surface area contributed by atoms with E-state index >= 15 is 0 Å². The number of ether oxygens (including phenoxy) is 4. The standard InChI is InChI=1S/C26H25IN2O5/c1-4-12-33-25-21(27)13-19(14-24(25)32-3)16-28-29-26(30)20-10-11-22(23(15-20)31-2)34-17-18-8-6-5-7-9-18/h4-11,13-16H,1,12,17H2,2-3H3,(H,29,30)/b28-16+. The molecule has 0 aliphatic heterocycles. The first-order valence-corrected chi connectivity index (χ1v) is 11.4. The van der Waals surface area contributed by atoms with Crippen molar-refractivity contribution in [1.82, 2.24) is 5.43 Å². The van der Waals surface area contributed by atoms with E-state index in [0.29, 0.717) is 41.8 Å². The van der Waals surface area contributed by atoms with Crippen molar-refractivity contribution in [2.75, 3.05) is 20.8 Å². The van der Waals surface area contributed by atoms with Gasteiger partial charge in [0, 0.05) is 5.56 Å². The average Bonchev–Trinajstić information content (AvgIpc) is 2.87. The molecule has 0 saturated carbocycles. The molecule has 1 N–H and O–H groups in total. The zero-order valence-electron chi connectivity index (χ0n) is 18.9. The van der Waals surface area contributed by atoms with Crippen LogP contribution in [0.1, 0.15) is 21.5 Å². The van der Waals surface area contributed by atoms with Gasteiger partial charge in [-0.25, -0.2) is 5.43 Å². The lowest BCUT2D eigenvalue weighted by Gasteiger charge is -2.12. The van der Waals surface area contributed by atoms with Crippen LogP contribution in [-0.2, 0) is 6.61 Å². The molecule has 7 nitrogen and oxygen atoms in total. The SMILES string of the molecule is C=CCOc1c(I)cc(/C=N/NC(=O)c2ccc(OCc3ccccc3)c(OC)c2)cc1OC. The highest BCUT2D eigenvalue weighted by Crippen LogP contribution is 2.33. The van der Waals surface area contributed by atoms with E-state index in [9.17, 15) is 4.79 Å². The predicted molar refractivity (Wildman–Crippen MR) is 140 cm³/mol. The van der Waals surface area contributed by atoms with Crippen LogP contribution in [0, 0.1) is 3.57 Å². The Kier molecular flexibility index (Phi) is 9.33. The number of nitrogens with zero attached hydrogens (tertiary/aromatic N) is 1. The van der Waals surface area contributed by atoms with Gasteiger partial charge in [-0.1, -0.05) is 43.0 Å². The molecule has 0 heterocycles. The molecule has 0 saturated heterocycles. The minimum Gasteiger partial charge on any atom is -0.493 e. The predicted octanol–water partition coefficient (Wildman–Crippen LogP) is 5.22. The van der Waals surface area contributed by atoms with E-state index in [1.54, 1.807) is 37.5 Å². The topological polar surface area (TPSA) is 78.4 Å². The molecular weight excluding hydrogens is 547 g/mol. The van der Waals surface area contributed by atoms with Crippen molar-refractivity contribution < 1.29 is 23.7 Å². The summed E-state index contributed by atoms with van der Waals surface area (Å²) >= 11 is 2.16.